The minimum absolute atomic E-state index is 0.0871. The molecule has 5 atom stereocenters. The molecule has 554 valence electrons. The molecule has 0 bridgehead atoms. The van der Waals surface area contributed by atoms with E-state index in [0.29, 0.717) is 25.7 Å². The van der Waals surface area contributed by atoms with Crippen LogP contribution >= 0.6 is 15.6 Å². The second kappa shape index (κ2) is 69.0. The summed E-state index contributed by atoms with van der Waals surface area (Å²) in [7, 11) is -9.92. The summed E-state index contributed by atoms with van der Waals surface area (Å²) in [5.41, 5.74) is 0. The monoisotopic (exact) mass is 1380 g/mol. The van der Waals surface area contributed by atoms with Gasteiger partial charge in [0.15, 0.2) is 12.2 Å². The molecule has 3 N–H and O–H groups in total. The highest BCUT2D eigenvalue weighted by atomic mass is 31.2. The number of unbranched alkanes of at least 4 members (excludes halogenated alkanes) is 44. The predicted molar refractivity (Wildman–Crippen MR) is 381 cm³/mol. The van der Waals surface area contributed by atoms with Gasteiger partial charge < -0.3 is 33.8 Å². The van der Waals surface area contributed by atoms with Crippen molar-refractivity contribution in [2.75, 3.05) is 39.6 Å². The summed E-state index contributed by atoms with van der Waals surface area (Å²) in [5, 5.41) is 10.6. The van der Waals surface area contributed by atoms with Gasteiger partial charge in [0.2, 0.25) is 0 Å². The number of phosphoric ester groups is 2. The Morgan fingerprint density at radius 2 is 0.543 bits per heavy atom. The van der Waals surface area contributed by atoms with E-state index in [1.54, 1.807) is 0 Å². The molecule has 0 aliphatic heterocycles. The van der Waals surface area contributed by atoms with Crippen LogP contribution in [0.4, 0.5) is 0 Å². The van der Waals surface area contributed by atoms with Crippen molar-refractivity contribution >= 4 is 39.5 Å². The van der Waals surface area contributed by atoms with E-state index >= 15 is 0 Å². The number of carbonyl (C=O) groups is 4. The molecule has 17 nitrogen and oxygen atoms in total. The Balaban J connectivity index is 5.26. The van der Waals surface area contributed by atoms with E-state index in [0.717, 1.165) is 116 Å². The van der Waals surface area contributed by atoms with Gasteiger partial charge in [0.05, 0.1) is 26.4 Å². The summed E-state index contributed by atoms with van der Waals surface area (Å²) >= 11 is 0. The molecule has 5 unspecified atom stereocenters. The third-order valence-electron chi connectivity index (χ3n) is 16.9. The lowest BCUT2D eigenvalue weighted by molar-refractivity contribution is -0.161. The van der Waals surface area contributed by atoms with Crippen LogP contribution in [0.2, 0.25) is 0 Å². The minimum Gasteiger partial charge on any atom is -0.462 e. The Morgan fingerprint density at radius 1 is 0.298 bits per heavy atom. The Kier molecular flexibility index (Phi) is 67.2. The van der Waals surface area contributed by atoms with E-state index in [-0.39, 0.29) is 25.7 Å². The van der Waals surface area contributed by atoms with Gasteiger partial charge in [-0.2, -0.15) is 0 Å². The summed E-state index contributed by atoms with van der Waals surface area (Å²) < 4.78 is 68.4. The summed E-state index contributed by atoms with van der Waals surface area (Å²) in [6, 6.07) is 0. The van der Waals surface area contributed by atoms with Crippen LogP contribution in [0.5, 0.6) is 0 Å². The standard InChI is InChI=1S/C75H142O17P2/c1-5-9-13-17-21-25-29-32-34-37-40-43-47-51-55-59-72(77)85-65-70(91-74(79)61-57-53-49-45-39-28-24-20-16-12-8-4)67-89-93(81,82)87-63-69(76)64-88-94(83,84)90-68-71(92-75(80)62-58-54-50-46-42-36-31-27-23-19-15-11-7-3)66-86-73(78)60-56-52-48-44-41-38-35-33-30-26-22-18-14-10-6-2/h15,19,27,31,69-71,76H,5-14,16-18,20-26,28-30,32-68H2,1-4H3,(H,81,82)(H,83,84)/b19-15-,31-27-. The zero-order valence-electron chi connectivity index (χ0n) is 60.4. The van der Waals surface area contributed by atoms with Crippen molar-refractivity contribution in [3.8, 4) is 0 Å². The van der Waals surface area contributed by atoms with E-state index in [1.165, 1.54) is 180 Å². The maximum atomic E-state index is 13.1. The normalized spacial score (nSPS) is 14.1. The Morgan fingerprint density at radius 3 is 0.830 bits per heavy atom. The summed E-state index contributed by atoms with van der Waals surface area (Å²) in [6.45, 7) is 4.88. The van der Waals surface area contributed by atoms with Crippen LogP contribution in [-0.2, 0) is 65.4 Å². The van der Waals surface area contributed by atoms with Crippen LogP contribution in [0.15, 0.2) is 24.3 Å². The first-order valence-electron chi connectivity index (χ1n) is 38.6. The van der Waals surface area contributed by atoms with Crippen molar-refractivity contribution in [1.82, 2.24) is 0 Å². The van der Waals surface area contributed by atoms with Gasteiger partial charge in [-0.15, -0.1) is 0 Å². The number of aliphatic hydroxyl groups excluding tert-OH is 1. The molecule has 0 fully saturated rings. The van der Waals surface area contributed by atoms with Gasteiger partial charge in [-0.05, 0) is 51.4 Å². The van der Waals surface area contributed by atoms with Gasteiger partial charge in [0.1, 0.15) is 19.3 Å². The van der Waals surface area contributed by atoms with Gasteiger partial charge in [-0.3, -0.25) is 37.3 Å². The summed E-state index contributed by atoms with van der Waals surface area (Å²) in [5.74, 6) is -2.14. The number of hydrogen-bond acceptors (Lipinski definition) is 15. The fourth-order valence-corrected chi connectivity index (χ4v) is 12.6. The molecule has 0 radical (unpaired) electrons. The average Bonchev–Trinajstić information content (AvgIpc) is 1.22. The van der Waals surface area contributed by atoms with E-state index in [4.69, 9.17) is 37.0 Å². The van der Waals surface area contributed by atoms with Crippen LogP contribution in [0.1, 0.15) is 374 Å². The number of aliphatic hydroxyl groups is 1. The number of phosphoric acid groups is 2. The molecular weight excluding hydrogens is 1230 g/mol. The molecular formula is C75H142O17P2. The summed E-state index contributed by atoms with van der Waals surface area (Å²) in [4.78, 5) is 72.7. The Hall–Kier alpha value is -2.46. The third-order valence-corrected chi connectivity index (χ3v) is 18.8. The smallest absolute Gasteiger partial charge is 0.462 e. The number of carbonyl (C=O) groups excluding carboxylic acids is 4. The maximum absolute atomic E-state index is 13.1. The van der Waals surface area contributed by atoms with Gasteiger partial charge in [0.25, 0.3) is 0 Å². The topological polar surface area (TPSA) is 237 Å². The molecule has 19 heteroatoms. The quantitative estimate of drug-likeness (QED) is 0.0169. The van der Waals surface area contributed by atoms with Gasteiger partial charge in [-0.1, -0.05) is 322 Å². The van der Waals surface area contributed by atoms with Crippen LogP contribution in [-0.4, -0.2) is 96.7 Å². The van der Waals surface area contributed by atoms with Crippen LogP contribution < -0.4 is 0 Å². The molecule has 0 saturated carbocycles. The molecule has 0 aliphatic rings. The third kappa shape index (κ3) is 68.1. The Labute approximate surface area is 573 Å². The molecule has 94 heavy (non-hydrogen) atoms. The van der Waals surface area contributed by atoms with Crippen molar-refractivity contribution in [3.05, 3.63) is 24.3 Å². The van der Waals surface area contributed by atoms with Crippen LogP contribution in [0.25, 0.3) is 0 Å². The predicted octanol–water partition coefficient (Wildman–Crippen LogP) is 21.8. The molecule has 0 saturated heterocycles. The lowest BCUT2D eigenvalue weighted by atomic mass is 10.0. The molecule has 0 amide bonds. The Bertz CT molecular complexity index is 1880. The van der Waals surface area contributed by atoms with Crippen LogP contribution in [0.3, 0.4) is 0 Å². The van der Waals surface area contributed by atoms with E-state index < -0.39 is 97.5 Å². The molecule has 0 aliphatic carbocycles. The van der Waals surface area contributed by atoms with Crippen molar-refractivity contribution in [2.24, 2.45) is 0 Å². The molecule has 0 spiro atoms. The van der Waals surface area contributed by atoms with E-state index in [2.05, 4.69) is 52.0 Å². The van der Waals surface area contributed by atoms with Crippen molar-refractivity contribution in [2.45, 2.75) is 393 Å². The number of allylic oxidation sites excluding steroid dienone is 4. The average molecular weight is 1380 g/mol. The van der Waals surface area contributed by atoms with Crippen molar-refractivity contribution in [3.63, 3.8) is 0 Å². The van der Waals surface area contributed by atoms with Gasteiger partial charge >= 0.3 is 39.5 Å². The van der Waals surface area contributed by atoms with Crippen molar-refractivity contribution in [1.29, 1.82) is 0 Å². The largest absolute Gasteiger partial charge is 0.472 e. The number of hydrogen-bond donors (Lipinski definition) is 3. The zero-order chi connectivity index (χ0) is 69.0. The molecule has 0 aromatic heterocycles. The first-order chi connectivity index (χ1) is 45.7. The zero-order valence-corrected chi connectivity index (χ0v) is 62.2. The second-order valence-electron chi connectivity index (χ2n) is 26.3. The molecule has 0 heterocycles. The first-order valence-corrected chi connectivity index (χ1v) is 41.6. The number of rotatable bonds is 74. The fourth-order valence-electron chi connectivity index (χ4n) is 11.0. The van der Waals surface area contributed by atoms with E-state index in [1.807, 2.05) is 0 Å². The maximum Gasteiger partial charge on any atom is 0.472 e. The minimum atomic E-state index is -4.96. The molecule has 0 aromatic rings. The highest BCUT2D eigenvalue weighted by Gasteiger charge is 2.30. The highest BCUT2D eigenvalue weighted by Crippen LogP contribution is 2.45. The lowest BCUT2D eigenvalue weighted by Gasteiger charge is -2.21. The lowest BCUT2D eigenvalue weighted by Crippen LogP contribution is -2.30. The van der Waals surface area contributed by atoms with Crippen molar-refractivity contribution < 1.29 is 80.2 Å². The highest BCUT2D eigenvalue weighted by molar-refractivity contribution is 7.47. The molecule has 0 aromatic carbocycles. The molecule has 0 rings (SSSR count). The summed E-state index contributed by atoms with van der Waals surface area (Å²) in [6.07, 6.45) is 61.7. The van der Waals surface area contributed by atoms with Gasteiger partial charge in [-0.25, -0.2) is 9.13 Å². The SMILES string of the molecule is CCC/C=C\C/C=C\CCCCCCCC(=O)OC(COC(=O)CCCCCCCCCCCCCCCCC)COP(=O)(O)OCC(O)COP(=O)(O)OCC(COC(=O)CCCCCCCCCCCCCCCCC)OC(=O)CCCCCCCCCCCCC. The van der Waals surface area contributed by atoms with Crippen LogP contribution in [0, 0.1) is 0 Å². The fraction of sp³-hybridized carbons (Fsp3) is 0.893. The van der Waals surface area contributed by atoms with Gasteiger partial charge in [0, 0.05) is 25.7 Å². The van der Waals surface area contributed by atoms with E-state index in [9.17, 15) is 43.2 Å². The first kappa shape index (κ1) is 91.5. The second-order valence-corrected chi connectivity index (χ2v) is 29.2. The number of esters is 4. The number of ether oxygens (including phenoxy) is 4.